The zero-order valence-electron chi connectivity index (χ0n) is 11.5. The number of hydrogen-bond donors (Lipinski definition) is 3. The van der Waals surface area contributed by atoms with Gasteiger partial charge in [-0.2, -0.15) is 13.2 Å². The van der Waals surface area contributed by atoms with Crippen molar-refractivity contribution >= 4 is 12.4 Å². The second-order valence-corrected chi connectivity index (χ2v) is 5.03. The van der Waals surface area contributed by atoms with Crippen LogP contribution in [-0.4, -0.2) is 24.0 Å². The Hall–Kier alpha value is -2.09. The van der Waals surface area contributed by atoms with Crippen molar-refractivity contribution in [3.05, 3.63) is 34.4 Å². The van der Waals surface area contributed by atoms with Crippen molar-refractivity contribution in [2.75, 3.05) is 6.54 Å². The molecular weight excluding hydrogens is 301 g/mol. The smallest absolute Gasteiger partial charge is 0.416 e. The predicted molar refractivity (Wildman–Crippen MR) is 71.3 cm³/mol. The van der Waals surface area contributed by atoms with E-state index in [9.17, 15) is 18.0 Å². The van der Waals surface area contributed by atoms with Crippen molar-refractivity contribution in [3.8, 4) is 0 Å². The first-order valence-electron chi connectivity index (χ1n) is 6.72. The molecule has 3 N–H and O–H groups in total. The van der Waals surface area contributed by atoms with E-state index in [1.807, 2.05) is 0 Å². The number of halogens is 3. The molecule has 1 saturated heterocycles. The zero-order chi connectivity index (χ0) is 16.3. The van der Waals surface area contributed by atoms with Crippen LogP contribution in [0.15, 0.2) is 12.1 Å². The van der Waals surface area contributed by atoms with Gasteiger partial charge in [-0.25, -0.2) is 0 Å². The molecule has 2 aliphatic heterocycles. The number of carboxylic acid groups (broad SMARTS) is 1. The van der Waals surface area contributed by atoms with Gasteiger partial charge in [0.25, 0.3) is 12.4 Å². The van der Waals surface area contributed by atoms with Gasteiger partial charge in [-0.15, -0.1) is 0 Å². The van der Waals surface area contributed by atoms with Crippen LogP contribution in [-0.2, 0) is 17.5 Å². The van der Waals surface area contributed by atoms with Gasteiger partial charge in [-0.3, -0.25) is 9.59 Å². The molecule has 3 rings (SSSR count). The number of carbonyl (C=O) groups is 2. The fourth-order valence-electron chi connectivity index (χ4n) is 2.77. The normalized spacial score (nSPS) is 20.0. The Morgan fingerprint density at radius 3 is 2.55 bits per heavy atom. The van der Waals surface area contributed by atoms with Gasteiger partial charge in [0, 0.05) is 18.2 Å². The summed E-state index contributed by atoms with van der Waals surface area (Å²) in [5, 5.41) is 12.5. The van der Waals surface area contributed by atoms with Gasteiger partial charge in [-0.05, 0) is 42.6 Å². The second kappa shape index (κ2) is 6.35. The van der Waals surface area contributed by atoms with Gasteiger partial charge in [0.2, 0.25) is 0 Å². The maximum absolute atomic E-state index is 13.1. The molecular formula is C14H15F3N2O3. The van der Waals surface area contributed by atoms with Crippen LogP contribution >= 0.6 is 0 Å². The summed E-state index contributed by atoms with van der Waals surface area (Å²) in [4.78, 5) is 20.0. The molecule has 0 bridgehead atoms. The van der Waals surface area contributed by atoms with Crippen LogP contribution in [0.25, 0.3) is 0 Å². The zero-order valence-corrected chi connectivity index (χ0v) is 11.5. The maximum Gasteiger partial charge on any atom is 0.416 e. The topological polar surface area (TPSA) is 78.4 Å². The molecule has 8 heteroatoms. The Morgan fingerprint density at radius 1 is 1.32 bits per heavy atom. The highest BCUT2D eigenvalue weighted by Gasteiger charge is 2.38. The molecule has 1 aromatic carbocycles. The molecule has 0 radical (unpaired) electrons. The van der Waals surface area contributed by atoms with Gasteiger partial charge >= 0.3 is 6.18 Å². The Balaban J connectivity index is 0.000000545. The summed E-state index contributed by atoms with van der Waals surface area (Å²) in [5.41, 5.74) is 0.102. The fourth-order valence-corrected chi connectivity index (χ4v) is 2.77. The third-order valence-corrected chi connectivity index (χ3v) is 3.71. The predicted octanol–water partition coefficient (Wildman–Crippen LogP) is 2.07. The van der Waals surface area contributed by atoms with Crippen molar-refractivity contribution in [1.82, 2.24) is 10.6 Å². The van der Waals surface area contributed by atoms with Crippen LogP contribution in [0.3, 0.4) is 0 Å². The van der Waals surface area contributed by atoms with E-state index in [1.165, 1.54) is 6.07 Å². The van der Waals surface area contributed by atoms with Crippen molar-refractivity contribution in [2.45, 2.75) is 31.6 Å². The molecule has 1 unspecified atom stereocenters. The standard InChI is InChI=1S/C13H13F3N2O.CH2O2/c14-13(15,16)10-5-7(11-2-1-3-17-11)4-8-9(10)6-18-12(8)19;2-1-3/h4-5,11,17H,1-3,6H2,(H,18,19);1H,(H,2,3). The van der Waals surface area contributed by atoms with Crippen LogP contribution in [0.2, 0.25) is 0 Å². The quantitative estimate of drug-likeness (QED) is 0.693. The third kappa shape index (κ3) is 3.22. The second-order valence-electron chi connectivity index (χ2n) is 5.03. The van der Waals surface area contributed by atoms with Crippen molar-refractivity contribution in [1.29, 1.82) is 0 Å². The molecule has 1 fully saturated rings. The number of nitrogens with one attached hydrogen (secondary N) is 2. The first kappa shape index (κ1) is 16.3. The maximum atomic E-state index is 13.1. The highest BCUT2D eigenvalue weighted by Crippen LogP contribution is 2.38. The minimum atomic E-state index is -4.43. The number of hydrogen-bond acceptors (Lipinski definition) is 3. The molecule has 0 aliphatic carbocycles. The fraction of sp³-hybridized carbons (Fsp3) is 0.429. The third-order valence-electron chi connectivity index (χ3n) is 3.71. The average molecular weight is 316 g/mol. The molecule has 0 spiro atoms. The van der Waals surface area contributed by atoms with E-state index in [1.54, 1.807) is 6.07 Å². The van der Waals surface area contributed by atoms with E-state index in [2.05, 4.69) is 10.6 Å². The highest BCUT2D eigenvalue weighted by molar-refractivity contribution is 5.99. The van der Waals surface area contributed by atoms with Gasteiger partial charge in [-0.1, -0.05) is 0 Å². The molecule has 1 amide bonds. The Morgan fingerprint density at radius 2 is 2.00 bits per heavy atom. The largest absolute Gasteiger partial charge is 0.483 e. The molecule has 5 nitrogen and oxygen atoms in total. The molecule has 0 saturated carbocycles. The summed E-state index contributed by atoms with van der Waals surface area (Å²) in [7, 11) is 0. The minimum absolute atomic E-state index is 0.0403. The van der Waals surface area contributed by atoms with E-state index in [-0.39, 0.29) is 30.2 Å². The van der Waals surface area contributed by atoms with E-state index in [0.717, 1.165) is 19.4 Å². The lowest BCUT2D eigenvalue weighted by molar-refractivity contribution is -0.138. The Labute approximate surface area is 124 Å². The van der Waals surface area contributed by atoms with Gasteiger partial charge in [0.05, 0.1) is 5.56 Å². The molecule has 1 aromatic rings. The number of amides is 1. The molecule has 22 heavy (non-hydrogen) atoms. The summed E-state index contributed by atoms with van der Waals surface area (Å²) in [6.07, 6.45) is -2.68. The summed E-state index contributed by atoms with van der Waals surface area (Å²) in [6.45, 7) is 0.511. The van der Waals surface area contributed by atoms with E-state index in [0.29, 0.717) is 5.56 Å². The van der Waals surface area contributed by atoms with Gasteiger partial charge in [0.15, 0.2) is 0 Å². The molecule has 120 valence electrons. The van der Waals surface area contributed by atoms with Gasteiger partial charge in [0.1, 0.15) is 0 Å². The van der Waals surface area contributed by atoms with Crippen LogP contribution in [0.4, 0.5) is 13.2 Å². The first-order valence-corrected chi connectivity index (χ1v) is 6.72. The van der Waals surface area contributed by atoms with Gasteiger partial charge < -0.3 is 15.7 Å². The molecule has 0 aromatic heterocycles. The SMILES string of the molecule is O=C1NCc2c1cc(C1CCCN1)cc2C(F)(F)F.O=CO. The number of benzene rings is 1. The van der Waals surface area contributed by atoms with Crippen molar-refractivity contribution in [3.63, 3.8) is 0 Å². The average Bonchev–Trinajstić information content (AvgIpc) is 3.08. The number of rotatable bonds is 1. The van der Waals surface area contributed by atoms with E-state index < -0.39 is 17.6 Å². The van der Waals surface area contributed by atoms with Crippen LogP contribution in [0, 0.1) is 0 Å². The van der Waals surface area contributed by atoms with Crippen molar-refractivity contribution in [2.24, 2.45) is 0 Å². The van der Waals surface area contributed by atoms with Crippen LogP contribution in [0.1, 0.15) is 45.9 Å². The Bertz CT molecular complexity index is 581. The lowest BCUT2D eigenvalue weighted by Crippen LogP contribution is -2.16. The highest BCUT2D eigenvalue weighted by atomic mass is 19.4. The summed E-state index contributed by atoms with van der Waals surface area (Å²) >= 11 is 0. The molecule has 1 atom stereocenters. The number of fused-ring (bicyclic) bond motifs is 1. The van der Waals surface area contributed by atoms with E-state index >= 15 is 0 Å². The van der Waals surface area contributed by atoms with Crippen LogP contribution < -0.4 is 10.6 Å². The monoisotopic (exact) mass is 316 g/mol. The number of carbonyl (C=O) groups excluding carboxylic acids is 1. The molecule has 2 aliphatic rings. The summed E-state index contributed by atoms with van der Waals surface area (Å²) < 4.78 is 39.2. The molecule has 2 heterocycles. The number of alkyl halides is 3. The minimum Gasteiger partial charge on any atom is -0.483 e. The Kier molecular flexibility index (Phi) is 4.70. The van der Waals surface area contributed by atoms with E-state index in [4.69, 9.17) is 9.90 Å². The lowest BCUT2D eigenvalue weighted by atomic mass is 9.95. The first-order chi connectivity index (χ1) is 10.4. The lowest BCUT2D eigenvalue weighted by Gasteiger charge is -2.17. The van der Waals surface area contributed by atoms with Crippen molar-refractivity contribution < 1.29 is 27.9 Å². The summed E-state index contributed by atoms with van der Waals surface area (Å²) in [6, 6.07) is 2.69. The summed E-state index contributed by atoms with van der Waals surface area (Å²) in [5.74, 6) is -0.416. The van der Waals surface area contributed by atoms with Crippen LogP contribution in [0.5, 0.6) is 0 Å².